The van der Waals surface area contributed by atoms with Crippen LogP contribution in [-0.2, 0) is 9.53 Å². The standard InChI is InChI=1S/C14H16N2O2/c1-2-18-14(17)10-16(12-6-7-12)13-5-3-4-11(8-13)9-15/h3-5,8,12H,2,6-7,10H2,1H3. The summed E-state index contributed by atoms with van der Waals surface area (Å²) in [6, 6.07) is 9.87. The van der Waals surface area contributed by atoms with Gasteiger partial charge in [-0.3, -0.25) is 4.79 Å². The van der Waals surface area contributed by atoms with E-state index < -0.39 is 0 Å². The van der Waals surface area contributed by atoms with E-state index in [4.69, 9.17) is 10.00 Å². The Morgan fingerprint density at radius 3 is 2.94 bits per heavy atom. The highest BCUT2D eigenvalue weighted by Gasteiger charge is 2.31. The number of esters is 1. The molecule has 4 heteroatoms. The van der Waals surface area contributed by atoms with Crippen molar-refractivity contribution in [3.05, 3.63) is 29.8 Å². The van der Waals surface area contributed by atoms with Gasteiger partial charge in [0.05, 0.1) is 18.2 Å². The van der Waals surface area contributed by atoms with Crippen LogP contribution in [0.4, 0.5) is 5.69 Å². The quantitative estimate of drug-likeness (QED) is 0.744. The van der Waals surface area contributed by atoms with E-state index in [0.29, 0.717) is 18.2 Å². The summed E-state index contributed by atoms with van der Waals surface area (Å²) in [5.41, 5.74) is 1.53. The van der Waals surface area contributed by atoms with Crippen molar-refractivity contribution in [3.8, 4) is 6.07 Å². The molecular formula is C14H16N2O2. The fourth-order valence-electron chi connectivity index (χ4n) is 1.92. The molecule has 4 nitrogen and oxygen atoms in total. The smallest absolute Gasteiger partial charge is 0.325 e. The maximum atomic E-state index is 11.6. The van der Waals surface area contributed by atoms with E-state index >= 15 is 0 Å². The zero-order valence-electron chi connectivity index (χ0n) is 10.4. The Kier molecular flexibility index (Phi) is 3.83. The SMILES string of the molecule is CCOC(=O)CN(c1cccc(C#N)c1)C1CC1. The molecular weight excluding hydrogens is 228 g/mol. The lowest BCUT2D eigenvalue weighted by molar-refractivity contribution is -0.141. The van der Waals surface area contributed by atoms with Crippen molar-refractivity contribution in [1.29, 1.82) is 5.26 Å². The van der Waals surface area contributed by atoms with Crippen LogP contribution >= 0.6 is 0 Å². The zero-order valence-corrected chi connectivity index (χ0v) is 10.4. The third kappa shape index (κ3) is 3.01. The minimum absolute atomic E-state index is 0.216. The van der Waals surface area contributed by atoms with Crippen molar-refractivity contribution in [1.82, 2.24) is 0 Å². The molecule has 0 N–H and O–H groups in total. The van der Waals surface area contributed by atoms with Crippen molar-refractivity contribution in [2.24, 2.45) is 0 Å². The Hall–Kier alpha value is -2.02. The van der Waals surface area contributed by atoms with Gasteiger partial charge in [-0.05, 0) is 38.0 Å². The van der Waals surface area contributed by atoms with Crippen molar-refractivity contribution in [2.45, 2.75) is 25.8 Å². The van der Waals surface area contributed by atoms with Crippen LogP contribution in [0.15, 0.2) is 24.3 Å². The lowest BCUT2D eigenvalue weighted by Gasteiger charge is -2.23. The second-order valence-corrected chi connectivity index (χ2v) is 4.33. The molecule has 0 heterocycles. The first-order valence-electron chi connectivity index (χ1n) is 6.17. The van der Waals surface area contributed by atoms with Crippen LogP contribution in [0.3, 0.4) is 0 Å². The van der Waals surface area contributed by atoms with E-state index in [2.05, 4.69) is 6.07 Å². The van der Waals surface area contributed by atoms with Gasteiger partial charge in [0, 0.05) is 11.7 Å². The third-order valence-corrected chi connectivity index (χ3v) is 2.90. The van der Waals surface area contributed by atoms with Crippen LogP contribution in [0.1, 0.15) is 25.3 Å². The van der Waals surface area contributed by atoms with Crippen LogP contribution in [0.25, 0.3) is 0 Å². The van der Waals surface area contributed by atoms with Crippen LogP contribution in [0, 0.1) is 11.3 Å². The molecule has 0 saturated heterocycles. The summed E-state index contributed by atoms with van der Waals surface area (Å²) >= 11 is 0. The van der Waals surface area contributed by atoms with Crippen molar-refractivity contribution >= 4 is 11.7 Å². The first-order chi connectivity index (χ1) is 8.74. The van der Waals surface area contributed by atoms with Crippen molar-refractivity contribution < 1.29 is 9.53 Å². The molecule has 0 unspecified atom stereocenters. The Morgan fingerprint density at radius 2 is 2.33 bits per heavy atom. The number of anilines is 1. The third-order valence-electron chi connectivity index (χ3n) is 2.90. The highest BCUT2D eigenvalue weighted by Crippen LogP contribution is 2.31. The highest BCUT2D eigenvalue weighted by atomic mass is 16.5. The van der Waals surface area contributed by atoms with E-state index in [-0.39, 0.29) is 12.5 Å². The van der Waals surface area contributed by atoms with E-state index in [9.17, 15) is 4.79 Å². The van der Waals surface area contributed by atoms with Gasteiger partial charge >= 0.3 is 5.97 Å². The summed E-state index contributed by atoms with van der Waals surface area (Å²) in [6.07, 6.45) is 2.19. The average Bonchev–Trinajstić information content (AvgIpc) is 3.20. The lowest BCUT2D eigenvalue weighted by atomic mass is 10.2. The predicted octanol–water partition coefficient (Wildman–Crippen LogP) is 2.09. The van der Waals surface area contributed by atoms with Gasteiger partial charge in [-0.1, -0.05) is 6.07 Å². The molecule has 0 aliphatic heterocycles. The number of benzene rings is 1. The van der Waals surface area contributed by atoms with Crippen LogP contribution in [0.2, 0.25) is 0 Å². The number of carbonyl (C=O) groups excluding carboxylic acids is 1. The van der Waals surface area contributed by atoms with Crippen LogP contribution in [0.5, 0.6) is 0 Å². The Bertz CT molecular complexity index is 475. The van der Waals surface area contributed by atoms with Gasteiger partial charge in [0.25, 0.3) is 0 Å². The van der Waals surface area contributed by atoms with E-state index in [1.807, 2.05) is 23.1 Å². The number of hydrogen-bond acceptors (Lipinski definition) is 4. The first kappa shape index (κ1) is 12.4. The molecule has 1 fully saturated rings. The number of nitriles is 1. The van der Waals surface area contributed by atoms with Gasteiger partial charge in [0.15, 0.2) is 0 Å². The monoisotopic (exact) mass is 244 g/mol. The molecule has 94 valence electrons. The molecule has 1 aromatic carbocycles. The summed E-state index contributed by atoms with van der Waals surface area (Å²) in [6.45, 7) is 2.46. The predicted molar refractivity (Wildman–Crippen MR) is 68.2 cm³/mol. The molecule has 1 saturated carbocycles. The zero-order chi connectivity index (χ0) is 13.0. The normalized spacial score (nSPS) is 13.8. The fraction of sp³-hybridized carbons (Fsp3) is 0.429. The largest absolute Gasteiger partial charge is 0.465 e. The van der Waals surface area contributed by atoms with Crippen LogP contribution in [-0.4, -0.2) is 25.2 Å². The maximum Gasteiger partial charge on any atom is 0.325 e. The molecule has 0 aromatic heterocycles. The minimum atomic E-state index is -0.216. The number of ether oxygens (including phenoxy) is 1. The summed E-state index contributed by atoms with van der Waals surface area (Å²) in [7, 11) is 0. The second-order valence-electron chi connectivity index (χ2n) is 4.33. The summed E-state index contributed by atoms with van der Waals surface area (Å²) in [4.78, 5) is 13.6. The first-order valence-corrected chi connectivity index (χ1v) is 6.17. The fourth-order valence-corrected chi connectivity index (χ4v) is 1.92. The number of hydrogen-bond donors (Lipinski definition) is 0. The molecule has 1 aliphatic rings. The second kappa shape index (κ2) is 5.54. The summed E-state index contributed by atoms with van der Waals surface area (Å²) in [5, 5.41) is 8.90. The Balaban J connectivity index is 2.14. The van der Waals surface area contributed by atoms with Gasteiger partial charge in [-0.25, -0.2) is 0 Å². The Morgan fingerprint density at radius 1 is 1.56 bits per heavy atom. The number of nitrogens with zero attached hydrogens (tertiary/aromatic N) is 2. The molecule has 0 radical (unpaired) electrons. The van der Waals surface area contributed by atoms with Crippen molar-refractivity contribution in [2.75, 3.05) is 18.1 Å². The number of carbonyl (C=O) groups is 1. The van der Waals surface area contributed by atoms with Gasteiger partial charge in [0.1, 0.15) is 6.54 Å². The molecule has 1 aliphatic carbocycles. The highest BCUT2D eigenvalue weighted by molar-refractivity contribution is 5.76. The van der Waals surface area contributed by atoms with Crippen molar-refractivity contribution in [3.63, 3.8) is 0 Å². The molecule has 0 atom stereocenters. The molecule has 18 heavy (non-hydrogen) atoms. The molecule has 0 amide bonds. The summed E-state index contributed by atoms with van der Waals surface area (Å²) < 4.78 is 4.98. The van der Waals surface area contributed by atoms with Gasteiger partial charge in [0.2, 0.25) is 0 Å². The average molecular weight is 244 g/mol. The molecule has 2 rings (SSSR count). The summed E-state index contributed by atoms with van der Waals surface area (Å²) in [5.74, 6) is -0.216. The van der Waals surface area contributed by atoms with Gasteiger partial charge < -0.3 is 9.64 Å². The molecule has 1 aromatic rings. The Labute approximate surface area is 107 Å². The number of rotatable bonds is 5. The molecule has 0 spiro atoms. The van der Waals surface area contributed by atoms with E-state index in [1.54, 1.807) is 13.0 Å². The molecule has 0 bridgehead atoms. The van der Waals surface area contributed by atoms with E-state index in [0.717, 1.165) is 18.5 Å². The van der Waals surface area contributed by atoms with Gasteiger partial charge in [-0.2, -0.15) is 5.26 Å². The minimum Gasteiger partial charge on any atom is -0.465 e. The van der Waals surface area contributed by atoms with Crippen LogP contribution < -0.4 is 4.90 Å². The topological polar surface area (TPSA) is 53.3 Å². The lowest BCUT2D eigenvalue weighted by Crippen LogP contribution is -2.32. The van der Waals surface area contributed by atoms with E-state index in [1.165, 1.54) is 0 Å². The maximum absolute atomic E-state index is 11.6. The van der Waals surface area contributed by atoms with Gasteiger partial charge in [-0.15, -0.1) is 0 Å².